The number of halogens is 3. The molecule has 0 atom stereocenters. The lowest BCUT2D eigenvalue weighted by atomic mass is 10.1. The van der Waals surface area contributed by atoms with Crippen molar-refractivity contribution in [2.24, 2.45) is 0 Å². The molecule has 0 amide bonds. The van der Waals surface area contributed by atoms with E-state index in [4.69, 9.17) is 0 Å². The van der Waals surface area contributed by atoms with Crippen LogP contribution in [0.2, 0.25) is 0 Å². The van der Waals surface area contributed by atoms with Crippen LogP contribution in [0.25, 0.3) is 10.9 Å². The second-order valence-corrected chi connectivity index (χ2v) is 4.47. The Kier molecular flexibility index (Phi) is 3.10. The molecule has 3 aromatic rings. The highest BCUT2D eigenvalue weighted by Gasteiger charge is 2.10. The monoisotopic (exact) mass is 276 g/mol. The first-order chi connectivity index (χ1) is 9.65. The Balaban J connectivity index is 1.83. The molecule has 102 valence electrons. The Morgan fingerprint density at radius 1 is 1.00 bits per heavy atom. The van der Waals surface area contributed by atoms with E-state index in [9.17, 15) is 13.2 Å². The predicted molar refractivity (Wildman–Crippen MR) is 71.9 cm³/mol. The van der Waals surface area contributed by atoms with Crippen molar-refractivity contribution in [2.45, 2.75) is 6.54 Å². The molecule has 20 heavy (non-hydrogen) atoms. The van der Waals surface area contributed by atoms with E-state index >= 15 is 0 Å². The average Bonchev–Trinajstić information content (AvgIpc) is 2.85. The van der Waals surface area contributed by atoms with Crippen LogP contribution in [-0.4, -0.2) is 4.98 Å². The summed E-state index contributed by atoms with van der Waals surface area (Å²) in [5, 5.41) is 3.91. The quantitative estimate of drug-likeness (QED) is 0.689. The van der Waals surface area contributed by atoms with E-state index in [2.05, 4.69) is 10.3 Å². The first-order valence-electron chi connectivity index (χ1n) is 6.08. The number of hydrogen-bond donors (Lipinski definition) is 2. The van der Waals surface area contributed by atoms with Crippen LogP contribution in [0.4, 0.5) is 18.9 Å². The molecule has 0 unspecified atom stereocenters. The fraction of sp³-hybridized carbons (Fsp3) is 0.0667. The topological polar surface area (TPSA) is 27.8 Å². The first kappa shape index (κ1) is 12.6. The summed E-state index contributed by atoms with van der Waals surface area (Å²) in [6.45, 7) is 0.383. The van der Waals surface area contributed by atoms with Gasteiger partial charge in [-0.1, -0.05) is 18.2 Å². The van der Waals surface area contributed by atoms with Gasteiger partial charge in [0, 0.05) is 41.5 Å². The van der Waals surface area contributed by atoms with Gasteiger partial charge in [0.05, 0.1) is 0 Å². The van der Waals surface area contributed by atoms with Crippen LogP contribution >= 0.6 is 0 Å². The molecule has 2 nitrogen and oxygen atoms in total. The lowest BCUT2D eigenvalue weighted by Crippen LogP contribution is -2.01. The van der Waals surface area contributed by atoms with Gasteiger partial charge in [0.15, 0.2) is 17.5 Å². The third-order valence-electron chi connectivity index (χ3n) is 3.14. The van der Waals surface area contributed by atoms with Gasteiger partial charge in [0.1, 0.15) is 0 Å². The number of aromatic nitrogens is 1. The van der Waals surface area contributed by atoms with E-state index in [-0.39, 0.29) is 5.69 Å². The van der Waals surface area contributed by atoms with Crippen LogP contribution in [-0.2, 0) is 6.54 Å². The Morgan fingerprint density at radius 2 is 1.70 bits per heavy atom. The van der Waals surface area contributed by atoms with Crippen molar-refractivity contribution in [3.8, 4) is 0 Å². The number of nitrogens with one attached hydrogen (secondary N) is 2. The molecule has 5 heteroatoms. The highest BCUT2D eigenvalue weighted by atomic mass is 19.2. The number of aromatic amines is 1. The van der Waals surface area contributed by atoms with E-state index < -0.39 is 17.5 Å². The third-order valence-corrected chi connectivity index (χ3v) is 3.14. The molecular formula is C15H11F3N2. The fourth-order valence-electron chi connectivity index (χ4n) is 2.13. The fourth-order valence-corrected chi connectivity index (χ4v) is 2.13. The minimum absolute atomic E-state index is 0.201. The predicted octanol–water partition coefficient (Wildman–Crippen LogP) is 4.20. The molecule has 0 aliphatic heterocycles. The van der Waals surface area contributed by atoms with Crippen molar-refractivity contribution in [3.05, 3.63) is 65.6 Å². The zero-order valence-corrected chi connectivity index (χ0v) is 10.4. The van der Waals surface area contributed by atoms with E-state index in [1.165, 1.54) is 0 Å². The van der Waals surface area contributed by atoms with Gasteiger partial charge in [0.2, 0.25) is 0 Å². The lowest BCUT2D eigenvalue weighted by molar-refractivity contribution is 0.447. The average molecular weight is 276 g/mol. The van der Waals surface area contributed by atoms with E-state index in [1.54, 1.807) is 0 Å². The summed E-state index contributed by atoms with van der Waals surface area (Å²) in [7, 11) is 0. The molecule has 0 aliphatic rings. The first-order valence-corrected chi connectivity index (χ1v) is 6.08. The summed E-state index contributed by atoms with van der Waals surface area (Å²) in [6, 6.07) is 9.60. The molecule has 0 saturated heterocycles. The number of para-hydroxylation sites is 1. The molecule has 1 aromatic heterocycles. The summed E-state index contributed by atoms with van der Waals surface area (Å²) in [4.78, 5) is 3.11. The zero-order chi connectivity index (χ0) is 14.1. The summed E-state index contributed by atoms with van der Waals surface area (Å²) >= 11 is 0. The largest absolute Gasteiger partial charge is 0.381 e. The number of benzene rings is 2. The van der Waals surface area contributed by atoms with Gasteiger partial charge >= 0.3 is 0 Å². The van der Waals surface area contributed by atoms with Crippen molar-refractivity contribution in [1.82, 2.24) is 4.98 Å². The van der Waals surface area contributed by atoms with E-state index in [0.29, 0.717) is 6.54 Å². The molecule has 3 rings (SSSR count). The summed E-state index contributed by atoms with van der Waals surface area (Å²) in [5.74, 6) is -3.86. The van der Waals surface area contributed by atoms with Crippen LogP contribution in [0.15, 0.2) is 42.6 Å². The van der Waals surface area contributed by atoms with E-state index in [1.807, 2.05) is 30.5 Å². The lowest BCUT2D eigenvalue weighted by Gasteiger charge is -2.07. The minimum Gasteiger partial charge on any atom is -0.381 e. The van der Waals surface area contributed by atoms with Gasteiger partial charge in [-0.2, -0.15) is 0 Å². The standard InChI is InChI=1S/C15H11F3N2/c16-12-5-10(6-13(17)15(12)18)19-7-9-8-20-14-4-2-1-3-11(9)14/h1-6,8,19-20H,7H2. The number of H-pyrrole nitrogens is 1. The van der Waals surface area contributed by atoms with Crippen LogP contribution in [0, 0.1) is 17.5 Å². The molecule has 0 fully saturated rings. The highest BCUT2D eigenvalue weighted by Crippen LogP contribution is 2.21. The summed E-state index contributed by atoms with van der Waals surface area (Å²) in [6.07, 6.45) is 1.83. The Bertz CT molecular complexity index is 742. The van der Waals surface area contributed by atoms with Crippen molar-refractivity contribution >= 4 is 16.6 Å². The number of hydrogen-bond acceptors (Lipinski definition) is 1. The van der Waals surface area contributed by atoms with Gasteiger partial charge in [-0.15, -0.1) is 0 Å². The van der Waals surface area contributed by atoms with Crippen LogP contribution in [0.1, 0.15) is 5.56 Å². The van der Waals surface area contributed by atoms with Gasteiger partial charge in [-0.05, 0) is 11.6 Å². The molecule has 0 bridgehead atoms. The Morgan fingerprint density at radius 3 is 2.45 bits per heavy atom. The molecule has 0 spiro atoms. The smallest absolute Gasteiger partial charge is 0.194 e. The van der Waals surface area contributed by atoms with Crippen molar-refractivity contribution in [3.63, 3.8) is 0 Å². The third kappa shape index (κ3) is 2.22. The van der Waals surface area contributed by atoms with Crippen LogP contribution in [0.3, 0.4) is 0 Å². The van der Waals surface area contributed by atoms with Crippen molar-refractivity contribution in [1.29, 1.82) is 0 Å². The molecule has 0 saturated carbocycles. The van der Waals surface area contributed by atoms with Crippen LogP contribution in [0.5, 0.6) is 0 Å². The second-order valence-electron chi connectivity index (χ2n) is 4.47. The summed E-state index contributed by atoms with van der Waals surface area (Å²) < 4.78 is 39.0. The van der Waals surface area contributed by atoms with Crippen molar-refractivity contribution < 1.29 is 13.2 Å². The van der Waals surface area contributed by atoms with Gasteiger partial charge < -0.3 is 10.3 Å². The number of fused-ring (bicyclic) bond motifs is 1. The SMILES string of the molecule is Fc1cc(NCc2c[nH]c3ccccc23)cc(F)c1F. The number of anilines is 1. The van der Waals surface area contributed by atoms with Crippen molar-refractivity contribution in [2.75, 3.05) is 5.32 Å². The van der Waals surface area contributed by atoms with E-state index in [0.717, 1.165) is 28.6 Å². The summed E-state index contributed by atoms with van der Waals surface area (Å²) in [5.41, 5.74) is 2.15. The van der Waals surface area contributed by atoms with Gasteiger partial charge in [-0.3, -0.25) is 0 Å². The maximum atomic E-state index is 13.1. The Labute approximate surface area is 113 Å². The number of rotatable bonds is 3. The van der Waals surface area contributed by atoms with Gasteiger partial charge in [0.25, 0.3) is 0 Å². The maximum absolute atomic E-state index is 13.1. The molecule has 0 aliphatic carbocycles. The molecule has 2 aromatic carbocycles. The molecule has 0 radical (unpaired) electrons. The van der Waals surface area contributed by atoms with Crippen LogP contribution < -0.4 is 5.32 Å². The second kappa shape index (κ2) is 4.92. The minimum atomic E-state index is -1.46. The highest BCUT2D eigenvalue weighted by molar-refractivity contribution is 5.83. The Hall–Kier alpha value is -2.43. The molecular weight excluding hydrogens is 265 g/mol. The van der Waals surface area contributed by atoms with Gasteiger partial charge in [-0.25, -0.2) is 13.2 Å². The normalized spacial score (nSPS) is 10.9. The molecule has 1 heterocycles. The zero-order valence-electron chi connectivity index (χ0n) is 10.4. The maximum Gasteiger partial charge on any atom is 0.194 e. The molecule has 2 N–H and O–H groups in total.